The lowest BCUT2D eigenvalue weighted by Gasteiger charge is -2.34. The monoisotopic (exact) mass is 698 g/mol. The third-order valence-corrected chi connectivity index (χ3v) is 9.90. The van der Waals surface area contributed by atoms with Gasteiger partial charge in [0.05, 0.1) is 12.1 Å². The highest BCUT2D eigenvalue weighted by Crippen LogP contribution is 2.30. The first-order valence-corrected chi connectivity index (χ1v) is 18.8. The van der Waals surface area contributed by atoms with E-state index in [1.165, 1.54) is 16.5 Å². The first-order valence-electron chi connectivity index (χ1n) is 18.8. The molecule has 0 aliphatic heterocycles. The van der Waals surface area contributed by atoms with Crippen molar-refractivity contribution in [3.05, 3.63) is 36.0 Å². The van der Waals surface area contributed by atoms with Gasteiger partial charge in [0.1, 0.15) is 11.6 Å². The molecule has 0 saturated heterocycles. The number of alkyl carbamates (subject to hydrolysis) is 1. The summed E-state index contributed by atoms with van der Waals surface area (Å²) in [5.74, 6) is -0.161. The molecule has 10 nitrogen and oxygen atoms in total. The number of nitrogens with zero attached hydrogens (tertiary/aromatic N) is 1. The lowest BCUT2D eigenvalue weighted by atomic mass is 9.80. The van der Waals surface area contributed by atoms with Gasteiger partial charge < -0.3 is 35.1 Å². The Bertz CT molecular complexity index is 1380. The SMILES string of the molecule is COCCCn1ccc2ccc(C[C@H](C[C@H](NC(=O)[C@@H](NC(=O)OC(C)(C)C)C(C)C)[C@H](O)C[C@H](C(=O)NCC3CC3)C(C)C)C(C)C)cc21. The molecule has 5 atom stereocenters. The quantitative estimate of drug-likeness (QED) is 0.117. The zero-order chi connectivity index (χ0) is 37.2. The second-order valence-corrected chi connectivity index (χ2v) is 16.5. The number of methoxy groups -OCH3 is 1. The van der Waals surface area contributed by atoms with E-state index >= 15 is 0 Å². The molecule has 0 unspecified atom stereocenters. The molecule has 2 aromatic rings. The van der Waals surface area contributed by atoms with Gasteiger partial charge in [-0.3, -0.25) is 9.59 Å². The molecule has 282 valence electrons. The minimum absolute atomic E-state index is 0.00482. The van der Waals surface area contributed by atoms with Gasteiger partial charge >= 0.3 is 6.09 Å². The number of nitrogens with one attached hydrogen (secondary N) is 3. The highest BCUT2D eigenvalue weighted by molar-refractivity contribution is 5.86. The van der Waals surface area contributed by atoms with Crippen molar-refractivity contribution < 1.29 is 29.0 Å². The largest absolute Gasteiger partial charge is 0.444 e. The number of fused-ring (bicyclic) bond motifs is 1. The van der Waals surface area contributed by atoms with Gasteiger partial charge in [-0.2, -0.15) is 0 Å². The molecule has 1 aliphatic rings. The average Bonchev–Trinajstić information content (AvgIpc) is 3.78. The third kappa shape index (κ3) is 13.2. The summed E-state index contributed by atoms with van der Waals surface area (Å²) in [6.07, 6.45) is 5.16. The van der Waals surface area contributed by atoms with Crippen molar-refractivity contribution in [3.63, 3.8) is 0 Å². The van der Waals surface area contributed by atoms with Crippen LogP contribution in [0.1, 0.15) is 100.0 Å². The second-order valence-electron chi connectivity index (χ2n) is 16.5. The molecule has 1 aliphatic carbocycles. The fourth-order valence-corrected chi connectivity index (χ4v) is 6.51. The van der Waals surface area contributed by atoms with Gasteiger partial charge in [-0.1, -0.05) is 53.7 Å². The third-order valence-electron chi connectivity index (χ3n) is 9.90. The van der Waals surface area contributed by atoms with Crippen molar-refractivity contribution in [3.8, 4) is 0 Å². The highest BCUT2D eigenvalue weighted by atomic mass is 16.6. The first kappa shape index (κ1) is 41.3. The molecule has 1 aromatic carbocycles. The Hall–Kier alpha value is -3.11. The number of amides is 3. The summed E-state index contributed by atoms with van der Waals surface area (Å²) in [4.78, 5) is 40.0. The number of carbonyl (C=O) groups is 3. The maximum Gasteiger partial charge on any atom is 0.408 e. The van der Waals surface area contributed by atoms with E-state index in [4.69, 9.17) is 9.47 Å². The molecule has 50 heavy (non-hydrogen) atoms. The van der Waals surface area contributed by atoms with Crippen LogP contribution in [0.3, 0.4) is 0 Å². The van der Waals surface area contributed by atoms with Crippen molar-refractivity contribution >= 4 is 28.8 Å². The van der Waals surface area contributed by atoms with Crippen LogP contribution in [0, 0.1) is 35.5 Å². The van der Waals surface area contributed by atoms with Gasteiger partial charge in [0.25, 0.3) is 0 Å². The normalized spacial score (nSPS) is 16.7. The summed E-state index contributed by atoms with van der Waals surface area (Å²) in [5.41, 5.74) is 1.65. The van der Waals surface area contributed by atoms with Crippen molar-refractivity contribution in [2.75, 3.05) is 20.3 Å². The van der Waals surface area contributed by atoms with Crippen molar-refractivity contribution in [1.82, 2.24) is 20.5 Å². The number of carbonyl (C=O) groups excluding carboxylic acids is 3. The zero-order valence-electron chi connectivity index (χ0n) is 32.4. The van der Waals surface area contributed by atoms with Crippen LogP contribution in [-0.4, -0.2) is 71.6 Å². The number of aryl methyl sites for hydroxylation is 1. The van der Waals surface area contributed by atoms with Gasteiger partial charge in [0, 0.05) is 44.4 Å². The number of aromatic nitrogens is 1. The summed E-state index contributed by atoms with van der Waals surface area (Å²) < 4.78 is 13.0. The smallest absolute Gasteiger partial charge is 0.408 e. The first-order chi connectivity index (χ1) is 23.5. The average molecular weight is 699 g/mol. The summed E-state index contributed by atoms with van der Waals surface area (Å²) in [6, 6.07) is 7.20. The van der Waals surface area contributed by atoms with E-state index in [0.717, 1.165) is 32.2 Å². The Labute approximate surface area is 300 Å². The number of hydrogen-bond donors (Lipinski definition) is 4. The summed E-state index contributed by atoms with van der Waals surface area (Å²) in [7, 11) is 1.72. The predicted octanol–water partition coefficient (Wildman–Crippen LogP) is 6.47. The molecular weight excluding hydrogens is 632 g/mol. The van der Waals surface area contributed by atoms with Crippen molar-refractivity contribution in [1.29, 1.82) is 0 Å². The van der Waals surface area contributed by atoms with Crippen LogP contribution in [0.5, 0.6) is 0 Å². The van der Waals surface area contributed by atoms with Crippen LogP contribution in [0.4, 0.5) is 4.79 Å². The number of hydrogen-bond acceptors (Lipinski definition) is 6. The molecule has 4 N–H and O–H groups in total. The lowest BCUT2D eigenvalue weighted by molar-refractivity contribution is -0.128. The van der Waals surface area contributed by atoms with E-state index in [2.05, 4.69) is 64.8 Å². The minimum atomic E-state index is -0.978. The van der Waals surface area contributed by atoms with E-state index in [0.29, 0.717) is 25.5 Å². The van der Waals surface area contributed by atoms with Crippen LogP contribution < -0.4 is 16.0 Å². The van der Waals surface area contributed by atoms with Gasteiger partial charge in [-0.25, -0.2) is 4.79 Å². The van der Waals surface area contributed by atoms with E-state index < -0.39 is 35.8 Å². The second kappa shape index (κ2) is 18.9. The number of aliphatic hydroxyl groups is 1. The van der Waals surface area contributed by atoms with Gasteiger partial charge in [0.15, 0.2) is 0 Å². The minimum Gasteiger partial charge on any atom is -0.444 e. The molecule has 0 radical (unpaired) electrons. The standard InChI is InChI=1S/C40H66N4O6/c1-25(2)31(20-29-14-15-30-16-18-44(34(30)21-29)17-11-19-49-10)22-33(35(45)23-32(26(3)4)37(46)41-24-28-12-13-28)42-38(47)36(27(5)6)43-39(48)50-40(7,8)9/h14-16,18,21,25-28,31-33,35-36,45H,11-13,17,19-20,22-24H2,1-10H3,(H,41,46)(H,42,47)(H,43,48)/t31-,32+,33+,35-,36+/m1/s1. The fraction of sp³-hybridized carbons (Fsp3) is 0.725. The maximum atomic E-state index is 13.9. The number of rotatable bonds is 20. The summed E-state index contributed by atoms with van der Waals surface area (Å²) in [5, 5.41) is 22.1. The lowest BCUT2D eigenvalue weighted by Crippen LogP contribution is -2.56. The van der Waals surface area contributed by atoms with Gasteiger partial charge in [-0.05, 0) is 112 Å². The van der Waals surface area contributed by atoms with Crippen LogP contribution in [0.15, 0.2) is 30.5 Å². The Balaban J connectivity index is 1.87. The summed E-state index contributed by atoms with van der Waals surface area (Å²) in [6.45, 7) is 19.6. The molecule has 3 rings (SSSR count). The fourth-order valence-electron chi connectivity index (χ4n) is 6.51. The molecule has 3 amide bonds. The summed E-state index contributed by atoms with van der Waals surface area (Å²) >= 11 is 0. The van der Waals surface area contributed by atoms with E-state index in [1.54, 1.807) is 27.9 Å². The molecule has 1 fully saturated rings. The molecule has 1 heterocycles. The topological polar surface area (TPSA) is 131 Å². The Kier molecular flexibility index (Phi) is 15.6. The Morgan fingerprint density at radius 2 is 1.64 bits per heavy atom. The molecule has 10 heteroatoms. The molecule has 0 bridgehead atoms. The van der Waals surface area contributed by atoms with Crippen molar-refractivity contribution in [2.45, 2.75) is 131 Å². The van der Waals surface area contributed by atoms with Crippen LogP contribution in [0.25, 0.3) is 10.9 Å². The Morgan fingerprint density at radius 1 is 0.940 bits per heavy atom. The predicted molar refractivity (Wildman–Crippen MR) is 200 cm³/mol. The molecular formula is C40H66N4O6. The van der Waals surface area contributed by atoms with Crippen LogP contribution in [0.2, 0.25) is 0 Å². The molecule has 0 spiro atoms. The van der Waals surface area contributed by atoms with E-state index in [9.17, 15) is 19.5 Å². The van der Waals surface area contributed by atoms with Crippen LogP contribution >= 0.6 is 0 Å². The zero-order valence-corrected chi connectivity index (χ0v) is 32.4. The molecule has 1 saturated carbocycles. The maximum absolute atomic E-state index is 13.9. The number of aliphatic hydroxyl groups excluding tert-OH is 1. The van der Waals surface area contributed by atoms with E-state index in [1.807, 2.05) is 27.7 Å². The van der Waals surface area contributed by atoms with Crippen molar-refractivity contribution in [2.24, 2.45) is 35.5 Å². The molecule has 1 aromatic heterocycles. The highest BCUT2D eigenvalue weighted by Gasteiger charge is 2.35. The van der Waals surface area contributed by atoms with Crippen LogP contribution in [-0.2, 0) is 32.0 Å². The Morgan fingerprint density at radius 3 is 2.22 bits per heavy atom. The van der Waals surface area contributed by atoms with Gasteiger partial charge in [0.2, 0.25) is 11.8 Å². The number of ether oxygens (including phenoxy) is 2. The number of benzene rings is 1. The van der Waals surface area contributed by atoms with Gasteiger partial charge in [-0.15, -0.1) is 0 Å². The van der Waals surface area contributed by atoms with E-state index in [-0.39, 0.29) is 41.9 Å².